The number of nitrogens with zero attached hydrogens (tertiary/aromatic N) is 3. The largest absolute Gasteiger partial charge is 0.484 e. The van der Waals surface area contributed by atoms with E-state index in [1.165, 1.54) is 11.8 Å². The molecule has 0 saturated carbocycles. The van der Waals surface area contributed by atoms with Gasteiger partial charge >= 0.3 is 0 Å². The van der Waals surface area contributed by atoms with Crippen molar-refractivity contribution >= 4 is 17.7 Å². The molecule has 1 aliphatic heterocycles. The van der Waals surface area contributed by atoms with Crippen molar-refractivity contribution in [3.63, 3.8) is 0 Å². The summed E-state index contributed by atoms with van der Waals surface area (Å²) >= 11 is 1.26. The Balaban J connectivity index is 1.46. The molecule has 2 aromatic carbocycles. The Morgan fingerprint density at radius 1 is 1.13 bits per heavy atom. The Morgan fingerprint density at radius 3 is 2.68 bits per heavy atom. The summed E-state index contributed by atoms with van der Waals surface area (Å²) in [4.78, 5) is 15.1. The predicted molar refractivity (Wildman–Crippen MR) is 117 cm³/mol. The van der Waals surface area contributed by atoms with Gasteiger partial charge < -0.3 is 18.8 Å². The lowest BCUT2D eigenvalue weighted by Crippen LogP contribution is -2.42. The second-order valence-corrected chi connectivity index (χ2v) is 8.42. The molecule has 1 aromatic heterocycles. The summed E-state index contributed by atoms with van der Waals surface area (Å²) in [6.45, 7) is 6.46. The smallest absolute Gasteiger partial charge is 0.277 e. The molecular weight excluding hydrogens is 414 g/mol. The summed E-state index contributed by atoms with van der Waals surface area (Å²) in [6.07, 6.45) is 0. The number of benzene rings is 2. The quantitative estimate of drug-likeness (QED) is 0.516. The molecule has 1 saturated heterocycles. The summed E-state index contributed by atoms with van der Waals surface area (Å²) in [5, 5.41) is 8.10. The van der Waals surface area contributed by atoms with Gasteiger partial charge in [0.25, 0.3) is 11.1 Å². The van der Waals surface area contributed by atoms with Gasteiger partial charge in [0.2, 0.25) is 5.91 Å². The zero-order valence-electron chi connectivity index (χ0n) is 17.6. The SMILES string of the molecule is Cc1ccc(C)c(OCc2nnc(SC(C(=O)N3CCOCC3)c3ccccc3)o2)c1. The fourth-order valence-corrected chi connectivity index (χ4v) is 4.26. The van der Waals surface area contributed by atoms with Crippen molar-refractivity contribution in [2.45, 2.75) is 30.9 Å². The number of carbonyl (C=O) groups excluding carboxylic acids is 1. The molecule has 0 bridgehead atoms. The molecule has 31 heavy (non-hydrogen) atoms. The molecule has 8 heteroatoms. The van der Waals surface area contributed by atoms with Crippen molar-refractivity contribution < 1.29 is 18.7 Å². The highest BCUT2D eigenvalue weighted by Crippen LogP contribution is 2.36. The van der Waals surface area contributed by atoms with E-state index in [1.54, 1.807) is 0 Å². The molecule has 3 aromatic rings. The monoisotopic (exact) mass is 439 g/mol. The molecule has 1 amide bonds. The first kappa shape index (κ1) is 21.4. The summed E-state index contributed by atoms with van der Waals surface area (Å²) in [6, 6.07) is 15.7. The molecule has 162 valence electrons. The molecule has 0 radical (unpaired) electrons. The van der Waals surface area contributed by atoms with Gasteiger partial charge in [0, 0.05) is 13.1 Å². The van der Waals surface area contributed by atoms with E-state index >= 15 is 0 Å². The van der Waals surface area contributed by atoms with Crippen LogP contribution in [0.25, 0.3) is 0 Å². The fraction of sp³-hybridized carbons (Fsp3) is 0.348. The number of carbonyl (C=O) groups is 1. The summed E-state index contributed by atoms with van der Waals surface area (Å²) in [5.74, 6) is 1.18. The normalized spacial score (nSPS) is 15.0. The van der Waals surface area contributed by atoms with Crippen molar-refractivity contribution in [1.82, 2.24) is 15.1 Å². The minimum Gasteiger partial charge on any atom is -0.484 e. The first-order valence-corrected chi connectivity index (χ1v) is 11.1. The Labute approximate surface area is 185 Å². The van der Waals surface area contributed by atoms with E-state index in [9.17, 15) is 4.79 Å². The average Bonchev–Trinajstić information content (AvgIpc) is 3.26. The van der Waals surface area contributed by atoms with Crippen molar-refractivity contribution in [3.8, 4) is 5.75 Å². The van der Waals surface area contributed by atoms with Gasteiger partial charge in [-0.3, -0.25) is 4.79 Å². The lowest BCUT2D eigenvalue weighted by Gasteiger charge is -2.29. The third-order valence-corrected chi connectivity index (χ3v) is 6.09. The van der Waals surface area contributed by atoms with E-state index in [0.29, 0.717) is 37.4 Å². The van der Waals surface area contributed by atoms with Gasteiger partial charge in [0.1, 0.15) is 11.0 Å². The van der Waals surface area contributed by atoms with Gasteiger partial charge in [-0.05, 0) is 48.4 Å². The molecule has 0 N–H and O–H groups in total. The first-order chi connectivity index (χ1) is 15.1. The standard InChI is InChI=1S/C23H25N3O4S/c1-16-8-9-17(2)19(14-16)29-15-20-24-25-23(30-20)31-21(18-6-4-3-5-7-18)22(27)26-10-12-28-13-11-26/h3-9,14,21H,10-13,15H2,1-2H3. The van der Waals surface area contributed by atoms with Crippen LogP contribution in [0.3, 0.4) is 0 Å². The van der Waals surface area contributed by atoms with Crippen LogP contribution in [0.2, 0.25) is 0 Å². The van der Waals surface area contributed by atoms with Crippen LogP contribution in [-0.4, -0.2) is 47.3 Å². The Morgan fingerprint density at radius 2 is 1.90 bits per heavy atom. The van der Waals surface area contributed by atoms with Gasteiger partial charge in [-0.1, -0.05) is 42.5 Å². The van der Waals surface area contributed by atoms with Crippen molar-refractivity contribution in [3.05, 3.63) is 71.1 Å². The number of thioether (sulfide) groups is 1. The average molecular weight is 440 g/mol. The summed E-state index contributed by atoms with van der Waals surface area (Å²) in [7, 11) is 0. The lowest BCUT2D eigenvalue weighted by molar-refractivity contribution is -0.134. The van der Waals surface area contributed by atoms with Crippen LogP contribution in [0.1, 0.15) is 27.8 Å². The number of rotatable bonds is 7. The van der Waals surface area contributed by atoms with Crippen molar-refractivity contribution in [2.75, 3.05) is 26.3 Å². The van der Waals surface area contributed by atoms with Crippen LogP contribution in [0.5, 0.6) is 5.75 Å². The Bertz CT molecular complexity index is 1020. The predicted octanol–water partition coefficient (Wildman–Crippen LogP) is 3.96. The number of aromatic nitrogens is 2. The maximum Gasteiger partial charge on any atom is 0.277 e. The maximum absolute atomic E-state index is 13.2. The molecule has 2 heterocycles. The van der Waals surface area contributed by atoms with Crippen LogP contribution < -0.4 is 4.74 Å². The van der Waals surface area contributed by atoms with E-state index in [0.717, 1.165) is 22.4 Å². The second kappa shape index (κ2) is 9.98. The van der Waals surface area contributed by atoms with Gasteiger partial charge in [-0.15, -0.1) is 10.2 Å². The first-order valence-electron chi connectivity index (χ1n) is 10.2. The highest BCUT2D eigenvalue weighted by molar-refractivity contribution is 8.00. The van der Waals surface area contributed by atoms with Gasteiger partial charge in [-0.2, -0.15) is 0 Å². The van der Waals surface area contributed by atoms with Crippen LogP contribution in [0, 0.1) is 13.8 Å². The van der Waals surface area contributed by atoms with Gasteiger partial charge in [0.05, 0.1) is 13.2 Å². The number of ether oxygens (including phenoxy) is 2. The molecular formula is C23H25N3O4S. The zero-order chi connectivity index (χ0) is 21.6. The topological polar surface area (TPSA) is 77.7 Å². The molecule has 1 aliphatic rings. The minimum atomic E-state index is -0.465. The molecule has 0 aliphatic carbocycles. The van der Waals surface area contributed by atoms with E-state index in [2.05, 4.69) is 10.2 Å². The third kappa shape index (κ3) is 5.45. The minimum absolute atomic E-state index is 0.0193. The number of hydrogen-bond acceptors (Lipinski definition) is 7. The van der Waals surface area contributed by atoms with Crippen molar-refractivity contribution in [1.29, 1.82) is 0 Å². The molecule has 1 unspecified atom stereocenters. The van der Waals surface area contributed by atoms with Gasteiger partial charge in [0.15, 0.2) is 6.61 Å². The summed E-state index contributed by atoms with van der Waals surface area (Å²) < 4.78 is 17.0. The van der Waals surface area contributed by atoms with Crippen LogP contribution in [0.4, 0.5) is 0 Å². The van der Waals surface area contributed by atoms with Crippen LogP contribution in [-0.2, 0) is 16.1 Å². The van der Waals surface area contributed by atoms with Crippen LogP contribution >= 0.6 is 11.8 Å². The van der Waals surface area contributed by atoms with Crippen molar-refractivity contribution in [2.24, 2.45) is 0 Å². The van der Waals surface area contributed by atoms with E-state index in [1.807, 2.05) is 67.3 Å². The molecule has 4 rings (SSSR count). The Hall–Kier alpha value is -2.84. The molecule has 1 fully saturated rings. The zero-order valence-corrected chi connectivity index (χ0v) is 18.4. The number of aryl methyl sites for hydroxylation is 2. The van der Waals surface area contributed by atoms with E-state index < -0.39 is 5.25 Å². The highest BCUT2D eigenvalue weighted by atomic mass is 32.2. The molecule has 0 spiro atoms. The number of amides is 1. The third-order valence-electron chi connectivity index (χ3n) is 5.01. The second-order valence-electron chi connectivity index (χ2n) is 7.37. The van der Waals surface area contributed by atoms with Gasteiger partial charge in [-0.25, -0.2) is 0 Å². The van der Waals surface area contributed by atoms with E-state index in [4.69, 9.17) is 13.9 Å². The van der Waals surface area contributed by atoms with Crippen LogP contribution in [0.15, 0.2) is 58.2 Å². The fourth-order valence-electron chi connectivity index (χ4n) is 3.29. The summed E-state index contributed by atoms with van der Waals surface area (Å²) in [5.41, 5.74) is 3.06. The number of hydrogen-bond donors (Lipinski definition) is 0. The van der Waals surface area contributed by atoms with E-state index in [-0.39, 0.29) is 12.5 Å². The number of morpholine rings is 1. The highest BCUT2D eigenvalue weighted by Gasteiger charge is 2.30. The Kier molecular flexibility index (Phi) is 6.89. The molecule has 1 atom stereocenters. The maximum atomic E-state index is 13.2. The lowest BCUT2D eigenvalue weighted by atomic mass is 10.1. The molecule has 7 nitrogen and oxygen atoms in total.